The van der Waals surface area contributed by atoms with Crippen LogP contribution in [0.5, 0.6) is 0 Å². The standard InChI is InChI=1S/C10H17F3N2O3/c1-5(2)14-7(16)6(3)15-9(4,8(17)18)10(11,12)13/h5-6,15H,1-4H3,(H,14,16)(H,17,18). The van der Waals surface area contributed by atoms with Crippen LogP contribution in [0.15, 0.2) is 0 Å². The molecule has 0 aliphatic carbocycles. The minimum atomic E-state index is -5.01. The maximum Gasteiger partial charge on any atom is 0.417 e. The minimum Gasteiger partial charge on any atom is -0.480 e. The van der Waals surface area contributed by atoms with Crippen LogP contribution in [0.2, 0.25) is 0 Å². The van der Waals surface area contributed by atoms with E-state index >= 15 is 0 Å². The van der Waals surface area contributed by atoms with Crippen LogP contribution in [0.3, 0.4) is 0 Å². The van der Waals surface area contributed by atoms with Gasteiger partial charge in [-0.3, -0.25) is 10.1 Å². The van der Waals surface area contributed by atoms with Crippen LogP contribution in [0.1, 0.15) is 27.7 Å². The van der Waals surface area contributed by atoms with Gasteiger partial charge in [0.2, 0.25) is 11.4 Å². The Balaban J connectivity index is 4.93. The van der Waals surface area contributed by atoms with Gasteiger partial charge in [-0.15, -0.1) is 0 Å². The molecule has 2 unspecified atom stereocenters. The molecule has 106 valence electrons. The molecule has 8 heteroatoms. The SMILES string of the molecule is CC(C)NC(=O)C(C)NC(C)(C(=O)O)C(F)(F)F. The number of hydrogen-bond donors (Lipinski definition) is 3. The van der Waals surface area contributed by atoms with Crippen LogP contribution in [0.25, 0.3) is 0 Å². The highest BCUT2D eigenvalue weighted by Crippen LogP contribution is 2.30. The van der Waals surface area contributed by atoms with E-state index in [0.717, 1.165) is 0 Å². The van der Waals surface area contributed by atoms with Gasteiger partial charge in [0.05, 0.1) is 6.04 Å². The van der Waals surface area contributed by atoms with E-state index in [0.29, 0.717) is 6.92 Å². The fraction of sp³-hybridized carbons (Fsp3) is 0.800. The summed E-state index contributed by atoms with van der Waals surface area (Å²) in [5.74, 6) is -2.78. The Morgan fingerprint density at radius 3 is 1.89 bits per heavy atom. The maximum atomic E-state index is 12.7. The lowest BCUT2D eigenvalue weighted by atomic mass is 10.0. The fourth-order valence-corrected chi connectivity index (χ4v) is 1.17. The zero-order chi connectivity index (χ0) is 14.7. The van der Waals surface area contributed by atoms with Gasteiger partial charge in [0.15, 0.2) is 0 Å². The van der Waals surface area contributed by atoms with Crippen LogP contribution in [-0.2, 0) is 9.59 Å². The van der Waals surface area contributed by atoms with Gasteiger partial charge in [-0.05, 0) is 27.7 Å². The van der Waals surface area contributed by atoms with E-state index in [2.05, 4.69) is 5.32 Å². The number of halogens is 3. The second-order valence-corrected chi connectivity index (χ2v) is 4.46. The highest BCUT2D eigenvalue weighted by molar-refractivity contribution is 5.84. The Kier molecular flexibility index (Phi) is 5.15. The second-order valence-electron chi connectivity index (χ2n) is 4.46. The van der Waals surface area contributed by atoms with Crippen molar-refractivity contribution < 1.29 is 27.9 Å². The van der Waals surface area contributed by atoms with Crippen molar-refractivity contribution in [3.63, 3.8) is 0 Å². The molecule has 0 heterocycles. The maximum absolute atomic E-state index is 12.7. The van der Waals surface area contributed by atoms with E-state index in [1.54, 1.807) is 19.2 Å². The predicted octanol–water partition coefficient (Wildman–Crippen LogP) is 0.895. The monoisotopic (exact) mass is 270 g/mol. The van der Waals surface area contributed by atoms with Crippen molar-refractivity contribution in [1.82, 2.24) is 10.6 Å². The summed E-state index contributed by atoms with van der Waals surface area (Å²) < 4.78 is 38.0. The summed E-state index contributed by atoms with van der Waals surface area (Å²) in [7, 11) is 0. The number of alkyl halides is 3. The van der Waals surface area contributed by atoms with Gasteiger partial charge in [0.25, 0.3) is 0 Å². The van der Waals surface area contributed by atoms with Gasteiger partial charge in [-0.1, -0.05) is 0 Å². The molecule has 3 N–H and O–H groups in total. The average molecular weight is 270 g/mol. The number of nitrogens with one attached hydrogen (secondary N) is 2. The minimum absolute atomic E-state index is 0.247. The Bertz CT molecular complexity index is 331. The zero-order valence-electron chi connectivity index (χ0n) is 10.6. The molecule has 0 radical (unpaired) electrons. The van der Waals surface area contributed by atoms with Crippen LogP contribution in [0, 0.1) is 0 Å². The summed E-state index contributed by atoms with van der Waals surface area (Å²) in [6.07, 6.45) is -5.01. The summed E-state index contributed by atoms with van der Waals surface area (Å²) >= 11 is 0. The summed E-state index contributed by atoms with van der Waals surface area (Å²) in [5, 5.41) is 12.9. The Morgan fingerprint density at radius 1 is 1.17 bits per heavy atom. The van der Waals surface area contributed by atoms with E-state index < -0.39 is 29.6 Å². The fourth-order valence-electron chi connectivity index (χ4n) is 1.17. The predicted molar refractivity (Wildman–Crippen MR) is 58.0 cm³/mol. The second kappa shape index (κ2) is 5.55. The van der Waals surface area contributed by atoms with Crippen LogP contribution in [-0.4, -0.2) is 40.8 Å². The third-order valence-corrected chi connectivity index (χ3v) is 2.32. The van der Waals surface area contributed by atoms with Crippen LogP contribution in [0.4, 0.5) is 13.2 Å². The molecule has 0 aliphatic rings. The lowest BCUT2D eigenvalue weighted by Gasteiger charge is -2.31. The van der Waals surface area contributed by atoms with Gasteiger partial charge in [-0.2, -0.15) is 13.2 Å². The van der Waals surface area contributed by atoms with E-state index in [4.69, 9.17) is 5.11 Å². The van der Waals surface area contributed by atoms with E-state index in [1.165, 1.54) is 6.92 Å². The van der Waals surface area contributed by atoms with Crippen LogP contribution < -0.4 is 10.6 Å². The normalized spacial score (nSPS) is 17.1. The first-order chi connectivity index (χ1) is 7.91. The van der Waals surface area contributed by atoms with Gasteiger partial charge < -0.3 is 10.4 Å². The van der Waals surface area contributed by atoms with Crippen molar-refractivity contribution in [3.05, 3.63) is 0 Å². The van der Waals surface area contributed by atoms with Crippen molar-refractivity contribution >= 4 is 11.9 Å². The smallest absolute Gasteiger partial charge is 0.417 e. The summed E-state index contributed by atoms with van der Waals surface area (Å²) in [6.45, 7) is 4.94. The molecule has 0 aromatic heterocycles. The highest BCUT2D eigenvalue weighted by atomic mass is 19.4. The van der Waals surface area contributed by atoms with Gasteiger partial charge in [0.1, 0.15) is 0 Å². The summed E-state index contributed by atoms with van der Waals surface area (Å²) in [4.78, 5) is 22.2. The number of aliphatic carboxylic acids is 1. The first-order valence-corrected chi connectivity index (χ1v) is 5.30. The molecule has 18 heavy (non-hydrogen) atoms. The highest BCUT2D eigenvalue weighted by Gasteiger charge is 2.58. The van der Waals surface area contributed by atoms with Crippen molar-refractivity contribution in [1.29, 1.82) is 0 Å². The van der Waals surface area contributed by atoms with Gasteiger partial charge in [0, 0.05) is 6.04 Å². The molecule has 0 spiro atoms. The third-order valence-electron chi connectivity index (χ3n) is 2.32. The van der Waals surface area contributed by atoms with E-state index in [1.807, 2.05) is 0 Å². The molecule has 0 fully saturated rings. The number of rotatable bonds is 5. The molecule has 0 bridgehead atoms. The molecule has 0 saturated heterocycles. The Hall–Kier alpha value is -1.31. The first kappa shape index (κ1) is 16.7. The third kappa shape index (κ3) is 3.86. The Morgan fingerprint density at radius 2 is 1.61 bits per heavy atom. The summed E-state index contributed by atoms with van der Waals surface area (Å²) in [5.41, 5.74) is -3.17. The molecule has 0 aliphatic heterocycles. The van der Waals surface area contributed by atoms with Crippen LogP contribution >= 0.6 is 0 Å². The molecule has 5 nitrogen and oxygen atoms in total. The molecule has 0 aromatic rings. The average Bonchev–Trinajstić information content (AvgIpc) is 2.13. The largest absolute Gasteiger partial charge is 0.480 e. The topological polar surface area (TPSA) is 78.4 Å². The number of amides is 1. The van der Waals surface area contributed by atoms with Gasteiger partial charge in [-0.25, -0.2) is 4.79 Å². The Labute approximate surface area is 103 Å². The molecule has 1 amide bonds. The lowest BCUT2D eigenvalue weighted by Crippen LogP contribution is -2.64. The van der Waals surface area contributed by atoms with Gasteiger partial charge >= 0.3 is 12.1 Å². The van der Waals surface area contributed by atoms with Crippen molar-refractivity contribution in [3.8, 4) is 0 Å². The quantitative estimate of drug-likeness (QED) is 0.693. The summed E-state index contributed by atoms with van der Waals surface area (Å²) in [6, 6.07) is -1.53. The molecular weight excluding hydrogens is 253 g/mol. The van der Waals surface area contributed by atoms with Crippen molar-refractivity contribution in [2.75, 3.05) is 0 Å². The first-order valence-electron chi connectivity index (χ1n) is 5.30. The molecule has 2 atom stereocenters. The van der Waals surface area contributed by atoms with E-state index in [9.17, 15) is 22.8 Å². The van der Waals surface area contributed by atoms with Crippen molar-refractivity contribution in [2.24, 2.45) is 0 Å². The number of hydrogen-bond acceptors (Lipinski definition) is 3. The number of carbonyl (C=O) groups excluding carboxylic acids is 1. The number of carboxylic acids is 1. The molecule has 0 saturated carbocycles. The molecular formula is C10H17F3N2O3. The van der Waals surface area contributed by atoms with E-state index in [-0.39, 0.29) is 6.04 Å². The number of carboxylic acid groups (broad SMARTS) is 1. The molecule has 0 aromatic carbocycles. The molecule has 0 rings (SSSR count). The van der Waals surface area contributed by atoms with Crippen molar-refractivity contribution in [2.45, 2.75) is 51.5 Å². The lowest BCUT2D eigenvalue weighted by molar-refractivity contribution is -0.207. The zero-order valence-corrected chi connectivity index (χ0v) is 10.6. The number of carbonyl (C=O) groups is 2.